The van der Waals surface area contributed by atoms with Gasteiger partial charge in [0, 0.05) is 10.4 Å². The molecular formula is C13H11BrO3S. The number of rotatable bonds is 3. The van der Waals surface area contributed by atoms with Gasteiger partial charge in [-0.05, 0) is 40.5 Å². The monoisotopic (exact) mass is 326 g/mol. The lowest BCUT2D eigenvalue weighted by molar-refractivity contribution is 0.0691. The molecular weight excluding hydrogens is 316 g/mol. The third-order valence-corrected chi connectivity index (χ3v) is 4.82. The topological polar surface area (TPSA) is 57.5 Å². The van der Waals surface area contributed by atoms with Crippen molar-refractivity contribution in [3.8, 4) is 0 Å². The number of aliphatic hydroxyl groups is 1. The molecule has 2 N–H and O–H groups in total. The molecule has 94 valence electrons. The van der Waals surface area contributed by atoms with Crippen LogP contribution < -0.4 is 0 Å². The fraction of sp³-hybridized carbons (Fsp3) is 0.154. The Morgan fingerprint density at radius 3 is 2.61 bits per heavy atom. The van der Waals surface area contributed by atoms with Crippen LogP contribution in [0, 0.1) is 6.92 Å². The van der Waals surface area contributed by atoms with E-state index in [1.165, 1.54) is 17.4 Å². The van der Waals surface area contributed by atoms with E-state index in [2.05, 4.69) is 15.9 Å². The van der Waals surface area contributed by atoms with Crippen molar-refractivity contribution in [2.24, 2.45) is 0 Å². The van der Waals surface area contributed by atoms with Gasteiger partial charge in [-0.25, -0.2) is 4.79 Å². The molecule has 0 bridgehead atoms. The van der Waals surface area contributed by atoms with Crippen LogP contribution in [-0.2, 0) is 0 Å². The Bertz CT molecular complexity index is 572. The second-order valence-corrected chi connectivity index (χ2v) is 6.30. The van der Waals surface area contributed by atoms with E-state index < -0.39 is 12.1 Å². The van der Waals surface area contributed by atoms with Crippen LogP contribution in [0.25, 0.3) is 0 Å². The smallest absolute Gasteiger partial charge is 0.336 e. The summed E-state index contributed by atoms with van der Waals surface area (Å²) in [6.45, 7) is 1.93. The lowest BCUT2D eigenvalue weighted by Crippen LogP contribution is -2.07. The van der Waals surface area contributed by atoms with Gasteiger partial charge in [-0.1, -0.05) is 18.2 Å². The first kappa shape index (κ1) is 13.3. The molecule has 0 aliphatic rings. The zero-order valence-corrected chi connectivity index (χ0v) is 12.0. The van der Waals surface area contributed by atoms with Crippen LogP contribution in [0.5, 0.6) is 0 Å². The highest BCUT2D eigenvalue weighted by atomic mass is 79.9. The van der Waals surface area contributed by atoms with Crippen LogP contribution in [-0.4, -0.2) is 16.2 Å². The van der Waals surface area contributed by atoms with Gasteiger partial charge < -0.3 is 10.2 Å². The summed E-state index contributed by atoms with van der Waals surface area (Å²) in [5.41, 5.74) is 1.58. The van der Waals surface area contributed by atoms with Crippen molar-refractivity contribution in [3.05, 3.63) is 55.7 Å². The van der Waals surface area contributed by atoms with Crippen molar-refractivity contribution in [2.45, 2.75) is 13.0 Å². The highest BCUT2D eigenvalue weighted by Gasteiger charge is 2.20. The maximum atomic E-state index is 11.1. The highest BCUT2D eigenvalue weighted by molar-refractivity contribution is 9.11. The highest BCUT2D eigenvalue weighted by Crippen LogP contribution is 2.35. The molecule has 2 aromatic rings. The van der Waals surface area contributed by atoms with Crippen LogP contribution in [0.4, 0.5) is 0 Å². The van der Waals surface area contributed by atoms with Gasteiger partial charge in [0.25, 0.3) is 0 Å². The average Bonchev–Trinajstić information content (AvgIpc) is 2.68. The van der Waals surface area contributed by atoms with Crippen molar-refractivity contribution < 1.29 is 15.0 Å². The van der Waals surface area contributed by atoms with Gasteiger partial charge in [-0.15, -0.1) is 11.3 Å². The van der Waals surface area contributed by atoms with Gasteiger partial charge >= 0.3 is 5.97 Å². The number of halogens is 1. The molecule has 0 aliphatic carbocycles. The fourth-order valence-electron chi connectivity index (χ4n) is 1.70. The van der Waals surface area contributed by atoms with Gasteiger partial charge in [-0.3, -0.25) is 0 Å². The van der Waals surface area contributed by atoms with Crippen LogP contribution in [0.2, 0.25) is 0 Å². The molecule has 1 aromatic carbocycles. The Balaban J connectivity index is 2.45. The van der Waals surface area contributed by atoms with Crippen molar-refractivity contribution in [3.63, 3.8) is 0 Å². The Morgan fingerprint density at radius 1 is 1.39 bits per heavy atom. The fourth-order valence-corrected chi connectivity index (χ4v) is 3.28. The van der Waals surface area contributed by atoms with E-state index in [-0.39, 0.29) is 5.56 Å². The summed E-state index contributed by atoms with van der Waals surface area (Å²) in [4.78, 5) is 11.8. The molecule has 0 fully saturated rings. The number of thiophene rings is 1. The first-order valence-electron chi connectivity index (χ1n) is 5.27. The normalized spacial score (nSPS) is 12.4. The molecule has 5 heteroatoms. The first-order valence-corrected chi connectivity index (χ1v) is 6.87. The zero-order valence-electron chi connectivity index (χ0n) is 9.55. The number of benzene rings is 1. The lowest BCUT2D eigenvalue weighted by atomic mass is 10.0. The van der Waals surface area contributed by atoms with Gasteiger partial charge in [0.2, 0.25) is 0 Å². The van der Waals surface area contributed by atoms with Gasteiger partial charge in [0.1, 0.15) is 6.10 Å². The van der Waals surface area contributed by atoms with Crippen LogP contribution in [0.3, 0.4) is 0 Å². The van der Waals surface area contributed by atoms with E-state index in [0.717, 1.165) is 14.2 Å². The molecule has 1 aromatic heterocycles. The quantitative estimate of drug-likeness (QED) is 0.906. The number of aryl methyl sites for hydroxylation is 1. The number of aliphatic hydroxyl groups excluding tert-OH is 1. The summed E-state index contributed by atoms with van der Waals surface area (Å²) in [7, 11) is 0. The van der Waals surface area contributed by atoms with Crippen molar-refractivity contribution >= 4 is 33.2 Å². The third-order valence-electron chi connectivity index (χ3n) is 2.63. The number of hydrogen-bond acceptors (Lipinski definition) is 3. The molecule has 18 heavy (non-hydrogen) atoms. The van der Waals surface area contributed by atoms with Crippen LogP contribution in [0.1, 0.15) is 32.5 Å². The molecule has 3 nitrogen and oxygen atoms in total. The van der Waals surface area contributed by atoms with Gasteiger partial charge in [-0.2, -0.15) is 0 Å². The number of hydrogen-bond donors (Lipinski definition) is 2. The van der Waals surface area contributed by atoms with E-state index in [1.54, 1.807) is 18.2 Å². The molecule has 1 heterocycles. The van der Waals surface area contributed by atoms with Gasteiger partial charge in [0.05, 0.1) is 9.35 Å². The number of carbonyl (C=O) groups is 1. The molecule has 0 saturated heterocycles. The molecule has 1 atom stereocenters. The van der Waals surface area contributed by atoms with Crippen molar-refractivity contribution in [1.29, 1.82) is 0 Å². The maximum Gasteiger partial charge on any atom is 0.336 e. The number of aromatic carboxylic acids is 1. The minimum Gasteiger partial charge on any atom is -0.478 e. The standard InChI is InChI=1S/C13H11BrO3S/c1-7-6-10(18-12(7)14)11(15)8-4-2-3-5-9(8)13(16)17/h2-6,11,15H,1H3,(H,16,17). The zero-order chi connectivity index (χ0) is 13.3. The summed E-state index contributed by atoms with van der Waals surface area (Å²) in [5, 5.41) is 19.4. The van der Waals surface area contributed by atoms with Crippen LogP contribution in [0.15, 0.2) is 34.1 Å². The van der Waals surface area contributed by atoms with Crippen LogP contribution >= 0.6 is 27.3 Å². The number of carboxylic acid groups (broad SMARTS) is 1. The Kier molecular flexibility index (Phi) is 3.85. The summed E-state index contributed by atoms with van der Waals surface area (Å²) < 4.78 is 0.948. The average molecular weight is 327 g/mol. The third kappa shape index (κ3) is 2.48. The number of carboxylic acids is 1. The summed E-state index contributed by atoms with van der Waals surface area (Å²) in [5.74, 6) is -1.03. The van der Waals surface area contributed by atoms with E-state index in [0.29, 0.717) is 5.56 Å². The summed E-state index contributed by atoms with van der Waals surface area (Å²) >= 11 is 4.81. The lowest BCUT2D eigenvalue weighted by Gasteiger charge is -2.11. The molecule has 0 aliphatic heterocycles. The van der Waals surface area contributed by atoms with E-state index in [4.69, 9.17) is 5.11 Å². The largest absolute Gasteiger partial charge is 0.478 e. The minimum atomic E-state index is -1.03. The maximum absolute atomic E-state index is 11.1. The predicted octanol–water partition coefficient (Wildman–Crippen LogP) is 3.60. The molecule has 1 unspecified atom stereocenters. The predicted molar refractivity (Wildman–Crippen MR) is 74.2 cm³/mol. The van der Waals surface area contributed by atoms with E-state index >= 15 is 0 Å². The first-order chi connectivity index (χ1) is 8.50. The summed E-state index contributed by atoms with van der Waals surface area (Å²) in [6, 6.07) is 8.36. The SMILES string of the molecule is Cc1cc(C(O)c2ccccc2C(=O)O)sc1Br. The Labute approximate surface area is 117 Å². The minimum absolute atomic E-state index is 0.132. The Morgan fingerprint density at radius 2 is 2.06 bits per heavy atom. The second-order valence-electron chi connectivity index (χ2n) is 3.90. The van der Waals surface area contributed by atoms with Crippen molar-refractivity contribution in [2.75, 3.05) is 0 Å². The van der Waals surface area contributed by atoms with Gasteiger partial charge in [0.15, 0.2) is 0 Å². The van der Waals surface area contributed by atoms with E-state index in [1.807, 2.05) is 13.0 Å². The molecule has 0 saturated carbocycles. The Hall–Kier alpha value is -1.17. The molecule has 0 amide bonds. The molecule has 2 rings (SSSR count). The second kappa shape index (κ2) is 5.22. The van der Waals surface area contributed by atoms with E-state index in [9.17, 15) is 9.90 Å². The molecule has 0 radical (unpaired) electrons. The molecule has 0 spiro atoms. The van der Waals surface area contributed by atoms with Crippen molar-refractivity contribution in [1.82, 2.24) is 0 Å². The summed E-state index contributed by atoms with van der Waals surface area (Å²) in [6.07, 6.45) is -0.910.